The molecule has 5 nitrogen and oxygen atoms in total. The molecule has 484 valence electrons. The van der Waals surface area contributed by atoms with Crippen LogP contribution in [0.5, 0.6) is 0 Å². The molecule has 3 aliphatic rings. The smallest absolute Gasteiger partial charge is 0.252 e. The maximum atomic E-state index is 2.72. The van der Waals surface area contributed by atoms with Crippen molar-refractivity contribution < 1.29 is 0 Å². The van der Waals surface area contributed by atoms with E-state index in [9.17, 15) is 0 Å². The molecule has 6 heteroatoms. The van der Waals surface area contributed by atoms with Gasteiger partial charge in [0.25, 0.3) is 6.71 Å². The highest BCUT2D eigenvalue weighted by atomic mass is 15.2. The molecule has 16 rings (SSSR count). The number of hydrogen-bond acceptors (Lipinski definition) is 4. The van der Waals surface area contributed by atoms with E-state index in [0.717, 1.165) is 56.7 Å². The van der Waals surface area contributed by atoms with Gasteiger partial charge in [-0.1, -0.05) is 249 Å². The molecule has 0 radical (unpaired) electrons. The van der Waals surface area contributed by atoms with Crippen LogP contribution in [0.1, 0.15) is 132 Å². The van der Waals surface area contributed by atoms with E-state index in [1.165, 1.54) is 105 Å². The van der Waals surface area contributed by atoms with E-state index in [1.54, 1.807) is 0 Å². The van der Waals surface area contributed by atoms with Crippen LogP contribution in [0.2, 0.25) is 0 Å². The van der Waals surface area contributed by atoms with Crippen molar-refractivity contribution in [3.63, 3.8) is 0 Å². The molecule has 12 aromatic carbocycles. The summed E-state index contributed by atoms with van der Waals surface area (Å²) in [6.45, 7) is 35.0. The molecular formula is C92H88BN5. The number of fused-ring (bicyclic) bond motifs is 9. The minimum Gasteiger partial charge on any atom is -0.311 e. The minimum atomic E-state index is -0.199. The monoisotopic (exact) mass is 1270 g/mol. The van der Waals surface area contributed by atoms with Crippen molar-refractivity contribution in [1.29, 1.82) is 0 Å². The van der Waals surface area contributed by atoms with Gasteiger partial charge in [-0.2, -0.15) is 0 Å². The highest BCUT2D eigenvalue weighted by molar-refractivity contribution is 7.00. The highest BCUT2D eigenvalue weighted by Crippen LogP contribution is 2.56. The van der Waals surface area contributed by atoms with Crippen LogP contribution in [0.4, 0.5) is 68.2 Å². The van der Waals surface area contributed by atoms with E-state index in [0.29, 0.717) is 0 Å². The van der Waals surface area contributed by atoms with Gasteiger partial charge in [-0.05, 0) is 209 Å². The van der Waals surface area contributed by atoms with Gasteiger partial charge in [0.05, 0.1) is 33.8 Å². The summed E-state index contributed by atoms with van der Waals surface area (Å²) in [7, 11) is 0. The van der Waals surface area contributed by atoms with Crippen molar-refractivity contribution in [1.82, 2.24) is 4.57 Å². The zero-order chi connectivity index (χ0) is 68.1. The van der Waals surface area contributed by atoms with Gasteiger partial charge < -0.3 is 24.2 Å². The second-order valence-electron chi connectivity index (χ2n) is 32.8. The third-order valence-corrected chi connectivity index (χ3v) is 21.0. The average Bonchev–Trinajstić information content (AvgIpc) is 1.21. The second kappa shape index (κ2) is 22.6. The third kappa shape index (κ3) is 10.5. The van der Waals surface area contributed by atoms with Crippen LogP contribution in [0.3, 0.4) is 0 Å². The number of rotatable bonds is 9. The van der Waals surface area contributed by atoms with Gasteiger partial charge in [0.2, 0.25) is 0 Å². The zero-order valence-electron chi connectivity index (χ0n) is 59.6. The summed E-state index contributed by atoms with van der Waals surface area (Å²) in [5, 5.41) is 2.57. The van der Waals surface area contributed by atoms with Crippen LogP contribution in [0, 0.1) is 0 Å². The van der Waals surface area contributed by atoms with Gasteiger partial charge in [-0.25, -0.2) is 0 Å². The molecule has 0 amide bonds. The van der Waals surface area contributed by atoms with Crippen LogP contribution < -0.4 is 36.0 Å². The normalized spacial score (nSPS) is 13.4. The van der Waals surface area contributed by atoms with Crippen LogP contribution in [-0.2, 0) is 27.1 Å². The Hall–Kier alpha value is -10.3. The maximum Gasteiger partial charge on any atom is 0.252 e. The molecule has 0 saturated heterocycles. The summed E-state index contributed by atoms with van der Waals surface area (Å²) in [6.07, 6.45) is 0. The van der Waals surface area contributed by atoms with E-state index in [4.69, 9.17) is 0 Å². The van der Waals surface area contributed by atoms with E-state index in [-0.39, 0.29) is 33.8 Å². The number of benzene rings is 12. The molecule has 1 aromatic heterocycles. The van der Waals surface area contributed by atoms with Crippen molar-refractivity contribution in [2.45, 2.75) is 131 Å². The Labute approximate surface area is 581 Å². The molecule has 3 aliphatic heterocycles. The first kappa shape index (κ1) is 62.5. The summed E-state index contributed by atoms with van der Waals surface area (Å²) < 4.78 is 2.66. The van der Waals surface area contributed by atoms with Crippen LogP contribution >= 0.6 is 0 Å². The van der Waals surface area contributed by atoms with Gasteiger partial charge in [-0.3, -0.25) is 0 Å². The topological polar surface area (TPSA) is 17.9 Å². The first-order chi connectivity index (χ1) is 46.8. The Bertz CT molecular complexity index is 5150. The Balaban J connectivity index is 1.03. The summed E-state index contributed by atoms with van der Waals surface area (Å²) >= 11 is 0. The van der Waals surface area contributed by atoms with Crippen molar-refractivity contribution in [2.75, 3.05) is 19.6 Å². The van der Waals surface area contributed by atoms with Crippen molar-refractivity contribution in [3.05, 3.63) is 289 Å². The zero-order valence-corrected chi connectivity index (χ0v) is 59.6. The summed E-state index contributed by atoms with van der Waals surface area (Å²) in [6, 6.07) is 99.7. The fourth-order valence-electron chi connectivity index (χ4n) is 15.5. The largest absolute Gasteiger partial charge is 0.311 e. The average molecular weight is 1270 g/mol. The van der Waals surface area contributed by atoms with E-state index in [1.807, 2.05) is 0 Å². The molecule has 0 unspecified atom stereocenters. The Morgan fingerprint density at radius 1 is 0.276 bits per heavy atom. The van der Waals surface area contributed by atoms with Crippen molar-refractivity contribution in [2.24, 2.45) is 0 Å². The van der Waals surface area contributed by atoms with E-state index in [2.05, 4.69) is 389 Å². The Morgan fingerprint density at radius 3 is 1.20 bits per heavy atom. The highest BCUT2D eigenvalue weighted by Gasteiger charge is 2.48. The Morgan fingerprint density at radius 2 is 0.684 bits per heavy atom. The number of para-hydroxylation sites is 2. The fourth-order valence-corrected chi connectivity index (χ4v) is 15.5. The number of nitrogens with zero attached hydrogens (tertiary/aromatic N) is 5. The lowest BCUT2D eigenvalue weighted by molar-refractivity contribution is 0.590. The van der Waals surface area contributed by atoms with E-state index >= 15 is 0 Å². The molecule has 0 N–H and O–H groups in total. The number of aromatic nitrogens is 1. The van der Waals surface area contributed by atoms with Gasteiger partial charge >= 0.3 is 0 Å². The summed E-state index contributed by atoms with van der Waals surface area (Å²) in [5.41, 5.74) is 31.8. The number of hydrogen-bond donors (Lipinski definition) is 0. The minimum absolute atomic E-state index is 0.0147. The quantitative estimate of drug-likeness (QED) is 0.134. The van der Waals surface area contributed by atoms with Gasteiger partial charge in [-0.15, -0.1) is 0 Å². The molecule has 13 aromatic rings. The lowest BCUT2D eigenvalue weighted by atomic mass is 9.33. The molecule has 0 bridgehead atoms. The first-order valence-electron chi connectivity index (χ1n) is 35.2. The summed E-state index contributed by atoms with van der Waals surface area (Å²) in [5.74, 6) is 0. The van der Waals surface area contributed by atoms with Gasteiger partial charge in [0.1, 0.15) is 0 Å². The first-order valence-corrected chi connectivity index (χ1v) is 35.2. The fraction of sp³-hybridized carbons (Fsp3) is 0.217. The predicted octanol–water partition coefficient (Wildman–Crippen LogP) is 23.9. The van der Waals surface area contributed by atoms with Gasteiger partial charge in [0.15, 0.2) is 0 Å². The molecule has 0 aliphatic carbocycles. The Kier molecular flexibility index (Phi) is 14.4. The molecule has 0 spiro atoms. The SMILES string of the molecule is CC(C)(C)c1ccc(N(c2ccc(C(C)(C)C)cc2)c2ccc3c(c2)N(c2ccc(-c4ccc(-c5ccccc5)cc4)cc2)c2cc(N(c4ccccc4)c4ccccc4)cc4c2B3c2cc(C(C)(C)C)cc3c2N4c2cc(C(C)(C)C)cc4c5cc(C(C)(C)C)ccc5n-3c24)cc1. The van der Waals surface area contributed by atoms with Gasteiger partial charge in [0, 0.05) is 62.0 Å². The standard InChI is InChI=1S/C92H88BN5/c1-88(2,3)63-37-44-70(45-38-63)94(71-46-39-64(40-47-71)89(4,5)6)73-48-49-77-80(56-73)96(72-42-35-62(36-43-72)61-33-31-60(32-34-61)59-25-19-16-20-26-59)81-57-74(95(68-27-21-17-22-28-68)69-29-23-18-24-30-69)58-82-85(81)93(77)78-53-67(92(13,14)15)55-84-87(78)98(82)83-54-66(91(10,11)12)52-76-75-51-65(90(7,8)9)41-50-79(75)97(84)86(76)83/h16-58H,1-15H3. The molecule has 0 fully saturated rings. The predicted molar refractivity (Wildman–Crippen MR) is 422 cm³/mol. The van der Waals surface area contributed by atoms with Crippen molar-refractivity contribution >= 4 is 113 Å². The second-order valence-corrected chi connectivity index (χ2v) is 32.8. The lowest BCUT2D eigenvalue weighted by Gasteiger charge is -2.47. The molecule has 0 atom stereocenters. The molecule has 4 heterocycles. The van der Waals surface area contributed by atoms with Crippen molar-refractivity contribution in [3.8, 4) is 27.9 Å². The number of anilines is 12. The molecular weight excluding hydrogens is 1190 g/mol. The lowest BCUT2D eigenvalue weighted by Crippen LogP contribution is -2.62. The van der Waals surface area contributed by atoms with Crippen LogP contribution in [-0.4, -0.2) is 11.3 Å². The van der Waals surface area contributed by atoms with E-state index < -0.39 is 0 Å². The van der Waals surface area contributed by atoms with Crippen LogP contribution in [0.15, 0.2) is 261 Å². The third-order valence-electron chi connectivity index (χ3n) is 21.0. The maximum absolute atomic E-state index is 2.72. The summed E-state index contributed by atoms with van der Waals surface area (Å²) in [4.78, 5) is 10.3. The van der Waals surface area contributed by atoms with Crippen LogP contribution in [0.25, 0.3) is 49.7 Å². The molecule has 0 saturated carbocycles. The molecule has 98 heavy (non-hydrogen) atoms.